The third-order valence-corrected chi connectivity index (χ3v) is 8.86. The van der Waals surface area contributed by atoms with Crippen molar-refractivity contribution in [3.63, 3.8) is 0 Å². The van der Waals surface area contributed by atoms with E-state index in [1.165, 1.54) is 33.4 Å². The maximum Gasteiger partial charge on any atom is 0.409 e. The number of halogens is 3. The number of para-hydroxylation sites is 2. The van der Waals surface area contributed by atoms with Crippen LogP contribution in [0.4, 0.5) is 21.0 Å². The second kappa shape index (κ2) is 14.1. The van der Waals surface area contributed by atoms with Gasteiger partial charge in [0.25, 0.3) is 0 Å². The fourth-order valence-corrected chi connectivity index (χ4v) is 6.77. The highest BCUT2D eigenvalue weighted by atomic mass is 79.9. The van der Waals surface area contributed by atoms with E-state index in [-0.39, 0.29) is 6.09 Å². The molecule has 0 saturated carbocycles. The number of carbonyl (C=O) groups excluding carboxylic acids is 2. The molecule has 212 valence electrons. The smallest absolute Gasteiger partial charge is 0.409 e. The Labute approximate surface area is 251 Å². The second-order valence-corrected chi connectivity index (χ2v) is 11.7. The predicted octanol–water partition coefficient (Wildman–Crippen LogP) is 6.89. The number of benzene rings is 2. The molecule has 0 unspecified atom stereocenters. The minimum atomic E-state index is -0.738. The molecule has 2 saturated heterocycles. The van der Waals surface area contributed by atoms with Gasteiger partial charge in [-0.3, -0.25) is 0 Å². The van der Waals surface area contributed by atoms with Gasteiger partial charge in [-0.05, 0) is 88.4 Å². The Bertz CT molecular complexity index is 1170. The van der Waals surface area contributed by atoms with Crippen LogP contribution in [0.3, 0.4) is 0 Å². The lowest BCUT2D eigenvalue weighted by atomic mass is 9.89. The number of ether oxygens (including phenoxy) is 2. The van der Waals surface area contributed by atoms with Crippen molar-refractivity contribution in [1.82, 2.24) is 10.2 Å². The van der Waals surface area contributed by atoms with Crippen LogP contribution in [0.5, 0.6) is 0 Å². The predicted molar refractivity (Wildman–Crippen MR) is 162 cm³/mol. The first kappa shape index (κ1) is 30.0. The number of nitrogens with zero attached hydrogens (tertiary/aromatic N) is 1. The number of hydrogen-bond acceptors (Lipinski definition) is 7. The zero-order valence-corrected chi connectivity index (χ0v) is 26.1. The highest BCUT2D eigenvalue weighted by molar-refractivity contribution is 9.11. The summed E-state index contributed by atoms with van der Waals surface area (Å²) in [4.78, 5) is 23.2. The number of carbonyl (C=O) groups is 2. The highest BCUT2D eigenvalue weighted by Gasteiger charge is 2.39. The Kier molecular flexibility index (Phi) is 10.8. The van der Waals surface area contributed by atoms with Crippen LogP contribution in [-0.4, -0.2) is 67.9 Å². The molecule has 2 aromatic rings. The van der Waals surface area contributed by atoms with Crippen LogP contribution >= 0.6 is 43.5 Å². The van der Waals surface area contributed by atoms with Crippen molar-refractivity contribution in [2.24, 2.45) is 0 Å². The van der Waals surface area contributed by atoms with Gasteiger partial charge >= 0.3 is 11.5 Å². The molecule has 8 nitrogen and oxygen atoms in total. The van der Waals surface area contributed by atoms with Crippen molar-refractivity contribution in [1.29, 1.82) is 0 Å². The summed E-state index contributed by atoms with van der Waals surface area (Å²) in [5.74, 6) is 1.03. The molecule has 0 aromatic heterocycles. The summed E-state index contributed by atoms with van der Waals surface area (Å²) in [5, 5.41) is 10.6. The van der Waals surface area contributed by atoms with E-state index < -0.39 is 5.43 Å². The molecule has 39 heavy (non-hydrogen) atoms. The van der Waals surface area contributed by atoms with Gasteiger partial charge in [0.05, 0.1) is 24.6 Å². The number of rotatable bonds is 2. The normalized spacial score (nSPS) is 23.6. The maximum atomic E-state index is 11.8. The Balaban J connectivity index is 0.000000155. The molecule has 4 aliphatic heterocycles. The summed E-state index contributed by atoms with van der Waals surface area (Å²) in [6, 6.07) is 13.8. The number of anilines is 2. The highest BCUT2D eigenvalue weighted by Crippen LogP contribution is 2.44. The van der Waals surface area contributed by atoms with Crippen LogP contribution in [0, 0.1) is 0 Å². The molecule has 2 aromatic carbocycles. The first-order valence-electron chi connectivity index (χ1n) is 13.4. The molecule has 0 radical (unpaired) electrons. The van der Waals surface area contributed by atoms with Crippen LogP contribution in [0.1, 0.15) is 49.7 Å². The summed E-state index contributed by atoms with van der Waals surface area (Å²) in [6.45, 7) is 8.07. The van der Waals surface area contributed by atoms with Gasteiger partial charge in [-0.2, -0.15) is 0 Å². The van der Waals surface area contributed by atoms with E-state index in [1.54, 1.807) is 6.92 Å². The van der Waals surface area contributed by atoms with E-state index in [0.717, 1.165) is 37.1 Å². The standard InChI is InChI=1S/C14H17BrN2O2.C11H13BrN2.C3H5ClO2/c1-2-19-14(18)17-7-6-12-10(8-17)9-4-3-5-11(15)13(9)16-12;12-9-3-1-2-7-8-6-13-5-4-10(8)14-11(7)9;1-2-6-3(4)5/h3-5,10,12,16H,2,6-8H2,1H3;1-3,8,10,13-14H,4-6H2;2H2,1H3/t10-,12-;8-,10-;/m00./s1. The van der Waals surface area contributed by atoms with Crippen molar-refractivity contribution in [3.05, 3.63) is 56.5 Å². The minimum Gasteiger partial charge on any atom is -0.454 e. The van der Waals surface area contributed by atoms with Crippen molar-refractivity contribution in [2.45, 2.75) is 50.6 Å². The number of amides is 1. The molecular weight excluding hydrogens is 652 g/mol. The van der Waals surface area contributed by atoms with Gasteiger partial charge < -0.3 is 30.3 Å². The zero-order chi connectivity index (χ0) is 27.9. The van der Waals surface area contributed by atoms with E-state index in [4.69, 9.17) is 16.3 Å². The topological polar surface area (TPSA) is 91.9 Å². The molecule has 4 aliphatic rings. The van der Waals surface area contributed by atoms with Gasteiger partial charge in [-0.15, -0.1) is 0 Å². The molecular formula is C28H35Br2ClN4O4. The molecule has 2 fully saturated rings. The molecule has 3 N–H and O–H groups in total. The Morgan fingerprint density at radius 3 is 2.08 bits per heavy atom. The molecule has 4 heterocycles. The second-order valence-electron chi connectivity index (χ2n) is 9.72. The number of fused-ring (bicyclic) bond motifs is 6. The van der Waals surface area contributed by atoms with Gasteiger partial charge in [-0.25, -0.2) is 9.59 Å². The summed E-state index contributed by atoms with van der Waals surface area (Å²) < 4.78 is 11.6. The van der Waals surface area contributed by atoms with Crippen molar-refractivity contribution in [3.8, 4) is 0 Å². The largest absolute Gasteiger partial charge is 0.454 e. The van der Waals surface area contributed by atoms with Crippen molar-refractivity contribution >= 4 is 66.4 Å². The zero-order valence-electron chi connectivity index (χ0n) is 22.1. The first-order chi connectivity index (χ1) is 18.8. The van der Waals surface area contributed by atoms with E-state index in [1.807, 2.05) is 17.9 Å². The minimum absolute atomic E-state index is 0.190. The van der Waals surface area contributed by atoms with E-state index in [9.17, 15) is 9.59 Å². The van der Waals surface area contributed by atoms with Crippen molar-refractivity contribution < 1.29 is 19.1 Å². The number of likely N-dealkylation sites (tertiary alicyclic amines) is 1. The van der Waals surface area contributed by atoms with E-state index >= 15 is 0 Å². The van der Waals surface area contributed by atoms with Crippen LogP contribution in [0.15, 0.2) is 45.3 Å². The summed E-state index contributed by atoms with van der Waals surface area (Å²) in [6.07, 6.45) is 2.00. The first-order valence-corrected chi connectivity index (χ1v) is 15.3. The average molecular weight is 687 g/mol. The lowest BCUT2D eigenvalue weighted by Crippen LogP contribution is -2.45. The van der Waals surface area contributed by atoms with Gasteiger partial charge in [0, 0.05) is 64.1 Å². The van der Waals surface area contributed by atoms with Crippen LogP contribution < -0.4 is 16.0 Å². The van der Waals surface area contributed by atoms with Gasteiger partial charge in [0.2, 0.25) is 0 Å². The van der Waals surface area contributed by atoms with Gasteiger partial charge in [0.1, 0.15) is 0 Å². The number of nitrogens with one attached hydrogen (secondary N) is 3. The third kappa shape index (κ3) is 7.20. The molecule has 4 atom stereocenters. The summed E-state index contributed by atoms with van der Waals surface area (Å²) in [7, 11) is 0. The van der Waals surface area contributed by atoms with Crippen LogP contribution in [0.2, 0.25) is 0 Å². The fraction of sp³-hybridized carbons (Fsp3) is 0.500. The summed E-state index contributed by atoms with van der Waals surface area (Å²) >= 11 is 11.9. The Morgan fingerprint density at radius 1 is 0.923 bits per heavy atom. The van der Waals surface area contributed by atoms with Gasteiger partial charge in [-0.1, -0.05) is 24.3 Å². The van der Waals surface area contributed by atoms with Crippen LogP contribution in [-0.2, 0) is 9.47 Å². The molecule has 1 amide bonds. The number of piperidine rings is 2. The van der Waals surface area contributed by atoms with E-state index in [0.29, 0.717) is 37.1 Å². The van der Waals surface area contributed by atoms with Gasteiger partial charge in [0.15, 0.2) is 0 Å². The van der Waals surface area contributed by atoms with Crippen molar-refractivity contribution in [2.75, 3.05) is 50.0 Å². The molecule has 0 bridgehead atoms. The lowest BCUT2D eigenvalue weighted by Gasteiger charge is -2.34. The molecule has 6 rings (SSSR count). The Hall–Kier alpha value is -2.01. The fourth-order valence-electron chi connectivity index (χ4n) is 5.67. The Morgan fingerprint density at radius 2 is 1.51 bits per heavy atom. The molecule has 11 heteroatoms. The quantitative estimate of drug-likeness (QED) is 0.297. The maximum absolute atomic E-state index is 11.8. The lowest BCUT2D eigenvalue weighted by molar-refractivity contribution is 0.0949. The van der Waals surface area contributed by atoms with E-state index in [2.05, 4.69) is 82.9 Å². The monoisotopic (exact) mass is 684 g/mol. The summed E-state index contributed by atoms with van der Waals surface area (Å²) in [5.41, 5.74) is 4.52. The third-order valence-electron chi connectivity index (χ3n) is 7.43. The molecule has 0 aliphatic carbocycles. The molecule has 0 spiro atoms. The average Bonchev–Trinajstić information content (AvgIpc) is 3.50. The van der Waals surface area contributed by atoms with Crippen LogP contribution in [0.25, 0.3) is 0 Å². The SMILES string of the molecule is Brc1cccc2c1N[C@H]1CCNC[C@@H]21.CCOC(=O)Cl.CCOC(=O)N1CC[C@@H]2Nc3c(Br)cccc3[C@@H]2C1. The number of hydrogen-bond donors (Lipinski definition) is 3.